The lowest BCUT2D eigenvalue weighted by Gasteiger charge is -2.24. The van der Waals surface area contributed by atoms with E-state index < -0.39 is 0 Å². The molecule has 0 amide bonds. The zero-order valence-electron chi connectivity index (χ0n) is 13.2. The molecule has 22 heavy (non-hydrogen) atoms. The molecule has 6 heteroatoms. The van der Waals surface area contributed by atoms with Crippen LogP contribution in [0.1, 0.15) is 39.0 Å². The van der Waals surface area contributed by atoms with Crippen LogP contribution >= 0.6 is 0 Å². The highest BCUT2D eigenvalue weighted by molar-refractivity contribution is 5.50. The molecule has 1 aromatic rings. The van der Waals surface area contributed by atoms with Gasteiger partial charge in [-0.3, -0.25) is 0 Å². The first-order chi connectivity index (χ1) is 10.8. The third-order valence-electron chi connectivity index (χ3n) is 4.57. The maximum absolute atomic E-state index is 9.46. The van der Waals surface area contributed by atoms with Crippen LogP contribution in [-0.2, 0) is 4.74 Å². The highest BCUT2D eigenvalue weighted by Crippen LogP contribution is 2.25. The molecule has 3 rings (SSSR count). The number of aliphatic hydroxyl groups excluding tert-OH is 1. The molecule has 0 spiro atoms. The van der Waals surface area contributed by atoms with E-state index in [9.17, 15) is 5.11 Å². The van der Waals surface area contributed by atoms with Crippen LogP contribution in [0.2, 0.25) is 0 Å². The van der Waals surface area contributed by atoms with E-state index in [0.717, 1.165) is 50.5 Å². The molecule has 0 saturated carbocycles. The van der Waals surface area contributed by atoms with Gasteiger partial charge in [0.2, 0.25) is 0 Å². The second-order valence-corrected chi connectivity index (χ2v) is 6.35. The fourth-order valence-electron chi connectivity index (χ4n) is 3.45. The predicted molar refractivity (Wildman–Crippen MR) is 86.2 cm³/mol. The smallest absolute Gasteiger partial charge is 0.134 e. The molecule has 2 fully saturated rings. The van der Waals surface area contributed by atoms with Crippen LogP contribution in [0.3, 0.4) is 0 Å². The second-order valence-electron chi connectivity index (χ2n) is 6.35. The van der Waals surface area contributed by atoms with Gasteiger partial charge in [-0.25, -0.2) is 9.97 Å². The van der Waals surface area contributed by atoms with Gasteiger partial charge in [0, 0.05) is 25.3 Å². The molecule has 2 saturated heterocycles. The molecule has 0 aromatic carbocycles. The van der Waals surface area contributed by atoms with Gasteiger partial charge >= 0.3 is 0 Å². The van der Waals surface area contributed by atoms with Gasteiger partial charge in [0.25, 0.3) is 0 Å². The minimum absolute atomic E-state index is 0.183. The first-order valence-corrected chi connectivity index (χ1v) is 8.34. The lowest BCUT2D eigenvalue weighted by atomic mass is 10.1. The van der Waals surface area contributed by atoms with E-state index >= 15 is 0 Å². The number of hydrogen-bond acceptors (Lipinski definition) is 6. The average molecular weight is 306 g/mol. The number of anilines is 2. The van der Waals surface area contributed by atoms with Gasteiger partial charge in [-0.1, -0.05) is 0 Å². The summed E-state index contributed by atoms with van der Waals surface area (Å²) in [4.78, 5) is 10.9. The lowest BCUT2D eigenvalue weighted by Crippen LogP contribution is -2.33. The summed E-state index contributed by atoms with van der Waals surface area (Å²) in [6.07, 6.45) is 7.44. The molecule has 2 aliphatic heterocycles. The van der Waals surface area contributed by atoms with E-state index in [0.29, 0.717) is 12.1 Å². The molecular weight excluding hydrogens is 280 g/mol. The zero-order valence-corrected chi connectivity index (χ0v) is 13.2. The van der Waals surface area contributed by atoms with Gasteiger partial charge in [-0.2, -0.15) is 0 Å². The van der Waals surface area contributed by atoms with Crippen LogP contribution in [0.25, 0.3) is 0 Å². The zero-order chi connectivity index (χ0) is 15.4. The van der Waals surface area contributed by atoms with Crippen molar-refractivity contribution in [2.75, 3.05) is 30.0 Å². The first kappa shape index (κ1) is 15.5. The largest absolute Gasteiger partial charge is 0.394 e. The molecular formula is C16H26N4O2. The minimum Gasteiger partial charge on any atom is -0.394 e. The van der Waals surface area contributed by atoms with Crippen LogP contribution in [0.4, 0.5) is 11.6 Å². The molecule has 1 aromatic heterocycles. The van der Waals surface area contributed by atoms with Gasteiger partial charge in [0.1, 0.15) is 18.0 Å². The Bertz CT molecular complexity index is 479. The third-order valence-corrected chi connectivity index (χ3v) is 4.57. The van der Waals surface area contributed by atoms with Crippen LogP contribution in [-0.4, -0.2) is 53.0 Å². The van der Waals surface area contributed by atoms with Crippen molar-refractivity contribution in [1.82, 2.24) is 9.97 Å². The fourth-order valence-corrected chi connectivity index (χ4v) is 3.45. The second kappa shape index (κ2) is 7.24. The Balaban J connectivity index is 1.60. The molecule has 0 radical (unpaired) electrons. The standard InChI is InChI=1S/C16H26N4O2/c1-12(8-14-5-3-7-22-14)19-15-9-16(18-11-17-15)20-6-2-4-13(20)10-21/h9,11-14,21H,2-8,10H2,1H3,(H,17,18,19)/t12-,13+,14-/m1/s1. The number of rotatable bonds is 6. The maximum atomic E-state index is 9.46. The summed E-state index contributed by atoms with van der Waals surface area (Å²) in [7, 11) is 0. The SMILES string of the molecule is C[C@H](C[C@H]1CCCO1)Nc1cc(N2CCC[C@H]2CO)ncn1. The Morgan fingerprint density at radius 1 is 1.41 bits per heavy atom. The van der Waals surface area contributed by atoms with Gasteiger partial charge in [-0.15, -0.1) is 0 Å². The average Bonchev–Trinajstić information content (AvgIpc) is 3.18. The highest BCUT2D eigenvalue weighted by atomic mass is 16.5. The van der Waals surface area contributed by atoms with Crippen molar-refractivity contribution in [2.45, 2.75) is 57.2 Å². The molecule has 0 aliphatic carbocycles. The summed E-state index contributed by atoms with van der Waals surface area (Å²) in [6, 6.07) is 2.49. The van der Waals surface area contributed by atoms with Crippen molar-refractivity contribution in [3.63, 3.8) is 0 Å². The van der Waals surface area contributed by atoms with Crippen molar-refractivity contribution in [1.29, 1.82) is 0 Å². The van der Waals surface area contributed by atoms with E-state index in [1.165, 1.54) is 6.42 Å². The molecule has 0 bridgehead atoms. The molecule has 0 unspecified atom stereocenters. The molecule has 3 heterocycles. The van der Waals surface area contributed by atoms with Gasteiger partial charge < -0.3 is 20.1 Å². The van der Waals surface area contributed by atoms with E-state index in [2.05, 4.69) is 27.1 Å². The molecule has 3 atom stereocenters. The van der Waals surface area contributed by atoms with Gasteiger partial charge in [0.15, 0.2) is 0 Å². The molecule has 2 N–H and O–H groups in total. The number of aromatic nitrogens is 2. The molecule has 122 valence electrons. The van der Waals surface area contributed by atoms with E-state index in [-0.39, 0.29) is 12.6 Å². The summed E-state index contributed by atoms with van der Waals surface area (Å²) < 4.78 is 5.69. The van der Waals surface area contributed by atoms with Crippen molar-refractivity contribution >= 4 is 11.6 Å². The Labute approximate surface area is 131 Å². The number of nitrogens with one attached hydrogen (secondary N) is 1. The van der Waals surface area contributed by atoms with Crippen molar-refractivity contribution in [2.24, 2.45) is 0 Å². The van der Waals surface area contributed by atoms with Crippen LogP contribution < -0.4 is 10.2 Å². The van der Waals surface area contributed by atoms with Crippen LogP contribution in [0, 0.1) is 0 Å². The number of hydrogen-bond donors (Lipinski definition) is 2. The summed E-state index contributed by atoms with van der Waals surface area (Å²) in [5.74, 6) is 1.75. The quantitative estimate of drug-likeness (QED) is 0.835. The van der Waals surface area contributed by atoms with E-state index in [1.54, 1.807) is 6.33 Å². The summed E-state index contributed by atoms with van der Waals surface area (Å²) in [5.41, 5.74) is 0. The van der Waals surface area contributed by atoms with E-state index in [1.807, 2.05) is 6.07 Å². The third kappa shape index (κ3) is 3.67. The Hall–Kier alpha value is -1.40. The minimum atomic E-state index is 0.183. The number of nitrogens with zero attached hydrogens (tertiary/aromatic N) is 3. The predicted octanol–water partition coefficient (Wildman–Crippen LogP) is 1.81. The fraction of sp³-hybridized carbons (Fsp3) is 0.750. The lowest BCUT2D eigenvalue weighted by molar-refractivity contribution is 0.101. The molecule has 2 aliphatic rings. The summed E-state index contributed by atoms with van der Waals surface area (Å²) in [5, 5.41) is 12.9. The molecule has 6 nitrogen and oxygen atoms in total. The van der Waals surface area contributed by atoms with Crippen molar-refractivity contribution in [3.8, 4) is 0 Å². The van der Waals surface area contributed by atoms with Crippen LogP contribution in [0.15, 0.2) is 12.4 Å². The Morgan fingerprint density at radius 2 is 2.32 bits per heavy atom. The Kier molecular flexibility index (Phi) is 5.10. The number of aliphatic hydroxyl groups is 1. The Morgan fingerprint density at radius 3 is 3.09 bits per heavy atom. The summed E-state index contributed by atoms with van der Waals surface area (Å²) in [6.45, 7) is 4.19. The normalized spacial score (nSPS) is 26.4. The first-order valence-electron chi connectivity index (χ1n) is 8.34. The van der Waals surface area contributed by atoms with Crippen LogP contribution in [0.5, 0.6) is 0 Å². The van der Waals surface area contributed by atoms with Gasteiger partial charge in [0.05, 0.1) is 18.8 Å². The maximum Gasteiger partial charge on any atom is 0.134 e. The monoisotopic (exact) mass is 306 g/mol. The topological polar surface area (TPSA) is 70.5 Å². The van der Waals surface area contributed by atoms with E-state index in [4.69, 9.17) is 4.74 Å². The summed E-state index contributed by atoms with van der Waals surface area (Å²) >= 11 is 0. The highest BCUT2D eigenvalue weighted by Gasteiger charge is 2.25. The van der Waals surface area contributed by atoms with Crippen molar-refractivity contribution in [3.05, 3.63) is 12.4 Å². The number of ether oxygens (including phenoxy) is 1. The van der Waals surface area contributed by atoms with Gasteiger partial charge in [-0.05, 0) is 39.0 Å². The van der Waals surface area contributed by atoms with Crippen molar-refractivity contribution < 1.29 is 9.84 Å².